The minimum absolute atomic E-state index is 0.0639. The van der Waals surface area contributed by atoms with Gasteiger partial charge in [0.15, 0.2) is 0 Å². The van der Waals surface area contributed by atoms with Gasteiger partial charge in [0.1, 0.15) is 0 Å². The molecule has 102 valence electrons. The third kappa shape index (κ3) is 2.75. The molecular weight excluding hydrogens is 246 g/mol. The number of carbonyl (C=O) groups excluding carboxylic acids is 3. The number of carbonyl (C=O) groups is 3. The van der Waals surface area contributed by atoms with E-state index in [0.717, 1.165) is 38.2 Å². The first kappa shape index (κ1) is 13.5. The number of hydrogen-bond acceptors (Lipinski definition) is 4. The largest absolute Gasteiger partial charge is 0.417 e. The van der Waals surface area contributed by atoms with Crippen molar-refractivity contribution in [2.45, 2.75) is 45.1 Å². The van der Waals surface area contributed by atoms with Crippen LogP contribution in [-0.4, -0.2) is 28.7 Å². The Hall–Kier alpha value is -1.91. The highest BCUT2D eigenvalue weighted by Crippen LogP contribution is 2.27. The molecule has 1 aliphatic carbocycles. The first-order chi connectivity index (χ1) is 9.00. The average Bonchev–Trinajstić information content (AvgIpc) is 2.65. The van der Waals surface area contributed by atoms with Gasteiger partial charge in [-0.3, -0.25) is 14.5 Å². The normalized spacial score (nSPS) is 20.5. The third-order valence-electron chi connectivity index (χ3n) is 3.41. The van der Waals surface area contributed by atoms with Crippen molar-refractivity contribution in [2.75, 3.05) is 0 Å². The predicted octanol–water partition coefficient (Wildman–Crippen LogP) is 1.69. The summed E-state index contributed by atoms with van der Waals surface area (Å²) in [5.41, 5.74) is 0.192. The predicted molar refractivity (Wildman–Crippen MR) is 67.7 cm³/mol. The SMILES string of the molecule is C=C(C)C(=O)OC1=CC(=O)N(C2CCCCC2)C1=O. The van der Waals surface area contributed by atoms with Crippen LogP contribution in [0.3, 0.4) is 0 Å². The molecule has 0 bridgehead atoms. The molecule has 0 radical (unpaired) electrons. The number of amides is 2. The lowest BCUT2D eigenvalue weighted by Crippen LogP contribution is -2.42. The number of esters is 1. The van der Waals surface area contributed by atoms with Crippen molar-refractivity contribution in [3.63, 3.8) is 0 Å². The second kappa shape index (κ2) is 5.38. The number of rotatable bonds is 3. The summed E-state index contributed by atoms with van der Waals surface area (Å²) in [7, 11) is 0. The fraction of sp³-hybridized carbons (Fsp3) is 0.500. The third-order valence-corrected chi connectivity index (χ3v) is 3.41. The summed E-state index contributed by atoms with van der Waals surface area (Å²) in [6.07, 6.45) is 5.92. The Kier molecular flexibility index (Phi) is 3.83. The lowest BCUT2D eigenvalue weighted by Gasteiger charge is -2.29. The topological polar surface area (TPSA) is 63.7 Å². The zero-order chi connectivity index (χ0) is 14.0. The van der Waals surface area contributed by atoms with E-state index in [2.05, 4.69) is 6.58 Å². The van der Waals surface area contributed by atoms with Crippen LogP contribution in [0, 0.1) is 0 Å². The molecule has 0 atom stereocenters. The zero-order valence-electron chi connectivity index (χ0n) is 11.0. The van der Waals surface area contributed by atoms with Gasteiger partial charge >= 0.3 is 5.97 Å². The van der Waals surface area contributed by atoms with Gasteiger partial charge in [0.2, 0.25) is 5.76 Å². The molecule has 2 rings (SSSR count). The van der Waals surface area contributed by atoms with Crippen molar-refractivity contribution in [3.8, 4) is 0 Å². The summed E-state index contributed by atoms with van der Waals surface area (Å²) in [6.45, 7) is 4.93. The molecule has 2 aliphatic rings. The van der Waals surface area contributed by atoms with Crippen molar-refractivity contribution < 1.29 is 19.1 Å². The molecule has 0 saturated heterocycles. The quantitative estimate of drug-likeness (QED) is 0.441. The molecule has 1 saturated carbocycles. The monoisotopic (exact) mass is 263 g/mol. The number of hydrogen-bond donors (Lipinski definition) is 0. The lowest BCUT2D eigenvalue weighted by atomic mass is 9.94. The maximum Gasteiger partial charge on any atom is 0.338 e. The maximum atomic E-state index is 12.1. The smallest absolute Gasteiger partial charge is 0.338 e. The molecule has 19 heavy (non-hydrogen) atoms. The lowest BCUT2D eigenvalue weighted by molar-refractivity contribution is -0.146. The Balaban J connectivity index is 2.07. The van der Waals surface area contributed by atoms with E-state index >= 15 is 0 Å². The van der Waals surface area contributed by atoms with Crippen LogP contribution in [0.5, 0.6) is 0 Å². The molecule has 5 heteroatoms. The van der Waals surface area contributed by atoms with Gasteiger partial charge in [-0.25, -0.2) is 4.79 Å². The van der Waals surface area contributed by atoms with Crippen LogP contribution in [0.1, 0.15) is 39.0 Å². The first-order valence-corrected chi connectivity index (χ1v) is 6.47. The zero-order valence-corrected chi connectivity index (χ0v) is 11.0. The van der Waals surface area contributed by atoms with Crippen LogP contribution in [0.25, 0.3) is 0 Å². The van der Waals surface area contributed by atoms with Crippen molar-refractivity contribution in [1.82, 2.24) is 4.90 Å². The second-order valence-corrected chi connectivity index (χ2v) is 4.98. The van der Waals surface area contributed by atoms with Crippen LogP contribution in [0.2, 0.25) is 0 Å². The molecule has 1 aliphatic heterocycles. The first-order valence-electron chi connectivity index (χ1n) is 6.47. The van der Waals surface area contributed by atoms with Crippen LogP contribution in [-0.2, 0) is 19.1 Å². The van der Waals surface area contributed by atoms with Gasteiger partial charge in [0.25, 0.3) is 11.8 Å². The molecule has 0 aromatic heterocycles. The number of ether oxygens (including phenoxy) is 1. The summed E-state index contributed by atoms with van der Waals surface area (Å²) >= 11 is 0. The molecular formula is C14H17NO4. The van der Waals surface area contributed by atoms with Gasteiger partial charge in [-0.05, 0) is 19.8 Å². The van der Waals surface area contributed by atoms with E-state index in [1.165, 1.54) is 11.8 Å². The van der Waals surface area contributed by atoms with E-state index in [1.54, 1.807) is 0 Å². The fourth-order valence-electron chi connectivity index (χ4n) is 2.41. The molecule has 2 amide bonds. The Bertz CT molecular complexity index is 472. The summed E-state index contributed by atoms with van der Waals surface area (Å²) in [4.78, 5) is 36.6. The molecule has 1 fully saturated rings. The van der Waals surface area contributed by atoms with Gasteiger partial charge in [-0.1, -0.05) is 25.8 Å². The van der Waals surface area contributed by atoms with Crippen LogP contribution in [0.15, 0.2) is 24.0 Å². The van der Waals surface area contributed by atoms with Crippen LogP contribution < -0.4 is 0 Å². The summed E-state index contributed by atoms with van der Waals surface area (Å²) in [5.74, 6) is -1.77. The van der Waals surface area contributed by atoms with Crippen LogP contribution >= 0.6 is 0 Å². The van der Waals surface area contributed by atoms with Gasteiger partial charge < -0.3 is 4.74 Å². The minimum Gasteiger partial charge on any atom is -0.417 e. The Morgan fingerprint density at radius 2 is 1.95 bits per heavy atom. The van der Waals surface area contributed by atoms with E-state index in [4.69, 9.17) is 4.74 Å². The van der Waals surface area contributed by atoms with E-state index in [1.807, 2.05) is 0 Å². The second-order valence-electron chi connectivity index (χ2n) is 4.98. The molecule has 5 nitrogen and oxygen atoms in total. The van der Waals surface area contributed by atoms with E-state index in [9.17, 15) is 14.4 Å². The Morgan fingerprint density at radius 3 is 2.53 bits per heavy atom. The molecule has 1 heterocycles. The van der Waals surface area contributed by atoms with Crippen molar-refractivity contribution in [2.24, 2.45) is 0 Å². The van der Waals surface area contributed by atoms with E-state index in [-0.39, 0.29) is 23.3 Å². The summed E-state index contributed by atoms with van der Waals surface area (Å²) < 4.78 is 4.89. The van der Waals surface area contributed by atoms with Gasteiger partial charge in [-0.15, -0.1) is 0 Å². The van der Waals surface area contributed by atoms with Crippen molar-refractivity contribution in [1.29, 1.82) is 0 Å². The van der Waals surface area contributed by atoms with Crippen molar-refractivity contribution in [3.05, 3.63) is 24.0 Å². The molecule has 0 unspecified atom stereocenters. The Labute approximate surface area is 111 Å². The molecule has 0 N–H and O–H groups in total. The summed E-state index contributed by atoms with van der Waals surface area (Å²) in [6, 6.07) is -0.0639. The highest BCUT2D eigenvalue weighted by Gasteiger charge is 2.38. The molecule has 0 aromatic carbocycles. The average molecular weight is 263 g/mol. The van der Waals surface area contributed by atoms with Crippen molar-refractivity contribution >= 4 is 17.8 Å². The minimum atomic E-state index is -0.683. The Morgan fingerprint density at radius 1 is 1.32 bits per heavy atom. The number of imide groups is 1. The standard InChI is InChI=1S/C14H17NO4/c1-9(2)14(18)19-11-8-12(16)15(13(11)17)10-6-4-3-5-7-10/h8,10H,1,3-7H2,2H3. The molecule has 0 spiro atoms. The molecule has 0 aromatic rings. The maximum absolute atomic E-state index is 12.1. The highest BCUT2D eigenvalue weighted by molar-refractivity contribution is 6.16. The van der Waals surface area contributed by atoms with Gasteiger partial charge in [0.05, 0.1) is 6.08 Å². The fourth-order valence-corrected chi connectivity index (χ4v) is 2.41. The van der Waals surface area contributed by atoms with E-state index in [0.29, 0.717) is 0 Å². The number of nitrogens with zero attached hydrogens (tertiary/aromatic N) is 1. The van der Waals surface area contributed by atoms with E-state index < -0.39 is 11.9 Å². The van der Waals surface area contributed by atoms with Gasteiger partial charge in [0, 0.05) is 11.6 Å². The highest BCUT2D eigenvalue weighted by atomic mass is 16.5. The van der Waals surface area contributed by atoms with Crippen LogP contribution in [0.4, 0.5) is 0 Å². The van der Waals surface area contributed by atoms with Gasteiger partial charge in [-0.2, -0.15) is 0 Å². The summed E-state index contributed by atoms with van der Waals surface area (Å²) in [5, 5.41) is 0.